The summed E-state index contributed by atoms with van der Waals surface area (Å²) < 4.78 is 25.9. The van der Waals surface area contributed by atoms with E-state index < -0.39 is 23.2 Å². The molecule has 0 atom stereocenters. The summed E-state index contributed by atoms with van der Waals surface area (Å²) in [6.45, 7) is 1.16. The van der Waals surface area contributed by atoms with Crippen molar-refractivity contribution < 1.29 is 13.6 Å². The zero-order valence-corrected chi connectivity index (χ0v) is 7.17. The number of benzene rings is 1. The van der Waals surface area contributed by atoms with Crippen LogP contribution in [0.15, 0.2) is 17.3 Å². The number of anilines is 1. The number of carbonyl (C=O) groups is 1. The lowest BCUT2D eigenvalue weighted by molar-refractivity contribution is -0.114. The lowest BCUT2D eigenvalue weighted by Gasteiger charge is -2.03. The van der Waals surface area contributed by atoms with Crippen LogP contribution in [-0.4, -0.2) is 5.91 Å². The van der Waals surface area contributed by atoms with E-state index in [1.807, 2.05) is 0 Å². The third-order valence-corrected chi connectivity index (χ3v) is 1.45. The average Bonchev–Trinajstić information content (AvgIpc) is 2.10. The van der Waals surface area contributed by atoms with Crippen molar-refractivity contribution in [3.8, 4) is 0 Å². The Labute approximate surface area is 77.9 Å². The molecule has 0 saturated carbocycles. The Morgan fingerprint density at radius 2 is 2.00 bits per heavy atom. The van der Waals surface area contributed by atoms with Crippen molar-refractivity contribution in [1.29, 1.82) is 0 Å². The van der Waals surface area contributed by atoms with Gasteiger partial charge in [-0.05, 0) is 5.18 Å². The molecular weight excluding hydrogens is 194 g/mol. The van der Waals surface area contributed by atoms with Crippen molar-refractivity contribution in [2.45, 2.75) is 6.92 Å². The summed E-state index contributed by atoms with van der Waals surface area (Å²) in [5.74, 6) is -2.42. The molecule has 0 saturated heterocycles. The largest absolute Gasteiger partial charge is 0.324 e. The molecule has 0 aliphatic rings. The minimum absolute atomic E-state index is 0.317. The summed E-state index contributed by atoms with van der Waals surface area (Å²) in [6, 6.07) is 1.32. The fourth-order valence-electron chi connectivity index (χ4n) is 0.892. The number of hydrogen-bond donors (Lipinski definition) is 1. The Bertz CT molecular complexity index is 393. The van der Waals surface area contributed by atoms with Crippen LogP contribution in [0.3, 0.4) is 0 Å². The first-order valence-electron chi connectivity index (χ1n) is 3.64. The minimum Gasteiger partial charge on any atom is -0.324 e. The maximum absolute atomic E-state index is 13.0. The van der Waals surface area contributed by atoms with Crippen LogP contribution < -0.4 is 5.32 Å². The average molecular weight is 200 g/mol. The maximum atomic E-state index is 13.0. The fraction of sp³-hybridized carbons (Fsp3) is 0.125. The lowest BCUT2D eigenvalue weighted by Crippen LogP contribution is -2.07. The van der Waals surface area contributed by atoms with Crippen molar-refractivity contribution in [3.63, 3.8) is 0 Å². The van der Waals surface area contributed by atoms with Gasteiger partial charge in [0, 0.05) is 19.1 Å². The zero-order chi connectivity index (χ0) is 10.7. The molecule has 0 bridgehead atoms. The molecule has 0 aliphatic carbocycles. The van der Waals surface area contributed by atoms with Gasteiger partial charge in [-0.3, -0.25) is 4.79 Å². The molecule has 0 aromatic heterocycles. The van der Waals surface area contributed by atoms with E-state index in [1.165, 1.54) is 0 Å². The van der Waals surface area contributed by atoms with Crippen LogP contribution in [0.1, 0.15) is 6.92 Å². The Balaban J connectivity index is 3.14. The quantitative estimate of drug-likeness (QED) is 0.744. The second-order valence-corrected chi connectivity index (χ2v) is 2.56. The standard InChI is InChI=1S/C8H6F2N2O2/c1-4(13)11-7-2-6(10)8(12-14)3-5(7)9/h2-3H,1H3,(H,11,13). The van der Waals surface area contributed by atoms with Crippen LogP contribution in [0.4, 0.5) is 20.2 Å². The second kappa shape index (κ2) is 3.91. The van der Waals surface area contributed by atoms with Gasteiger partial charge in [0.05, 0.1) is 5.69 Å². The van der Waals surface area contributed by atoms with Crippen LogP contribution >= 0.6 is 0 Å². The highest BCUT2D eigenvalue weighted by Crippen LogP contribution is 2.24. The molecule has 0 fully saturated rings. The van der Waals surface area contributed by atoms with Gasteiger partial charge in [-0.15, -0.1) is 4.91 Å². The summed E-state index contributed by atoms with van der Waals surface area (Å²) in [5, 5.41) is 4.34. The summed E-state index contributed by atoms with van der Waals surface area (Å²) in [7, 11) is 0. The summed E-state index contributed by atoms with van der Waals surface area (Å²) in [4.78, 5) is 20.5. The summed E-state index contributed by atoms with van der Waals surface area (Å²) >= 11 is 0. The first-order chi connectivity index (χ1) is 6.54. The molecule has 1 rings (SSSR count). The van der Waals surface area contributed by atoms with Gasteiger partial charge in [-0.2, -0.15) is 0 Å². The third kappa shape index (κ3) is 2.09. The molecule has 1 aromatic carbocycles. The van der Waals surface area contributed by atoms with Crippen molar-refractivity contribution in [1.82, 2.24) is 0 Å². The Hall–Kier alpha value is -1.85. The molecular formula is C8H6F2N2O2. The van der Waals surface area contributed by atoms with Gasteiger partial charge in [-0.1, -0.05) is 0 Å². The van der Waals surface area contributed by atoms with Crippen molar-refractivity contribution >= 4 is 17.3 Å². The van der Waals surface area contributed by atoms with Crippen molar-refractivity contribution in [2.75, 3.05) is 5.32 Å². The van der Waals surface area contributed by atoms with E-state index in [4.69, 9.17) is 0 Å². The fourth-order valence-corrected chi connectivity index (χ4v) is 0.892. The summed E-state index contributed by atoms with van der Waals surface area (Å²) in [5.41, 5.74) is -0.945. The number of nitrogens with one attached hydrogen (secondary N) is 1. The Kier molecular flexibility index (Phi) is 2.85. The first-order valence-corrected chi connectivity index (χ1v) is 3.64. The van der Waals surface area contributed by atoms with E-state index in [0.29, 0.717) is 12.1 Å². The molecule has 4 nitrogen and oxygen atoms in total. The van der Waals surface area contributed by atoms with Crippen LogP contribution in [0.25, 0.3) is 0 Å². The van der Waals surface area contributed by atoms with Crippen molar-refractivity contribution in [3.05, 3.63) is 28.7 Å². The summed E-state index contributed by atoms with van der Waals surface area (Å²) in [6.07, 6.45) is 0. The number of nitroso groups, excluding NO2 is 1. The molecule has 0 unspecified atom stereocenters. The number of hydrogen-bond acceptors (Lipinski definition) is 3. The van der Waals surface area contributed by atoms with Crippen LogP contribution in [-0.2, 0) is 4.79 Å². The van der Waals surface area contributed by atoms with Crippen molar-refractivity contribution in [2.24, 2.45) is 5.18 Å². The van der Waals surface area contributed by atoms with E-state index in [2.05, 4.69) is 10.5 Å². The molecule has 1 amide bonds. The first kappa shape index (κ1) is 10.2. The van der Waals surface area contributed by atoms with Gasteiger partial charge >= 0.3 is 0 Å². The molecule has 1 aromatic rings. The molecule has 0 spiro atoms. The normalized spacial score (nSPS) is 9.64. The number of rotatable bonds is 2. The highest BCUT2D eigenvalue weighted by Gasteiger charge is 2.10. The van der Waals surface area contributed by atoms with E-state index in [1.54, 1.807) is 0 Å². The molecule has 1 N–H and O–H groups in total. The van der Waals surface area contributed by atoms with Gasteiger partial charge in [0.15, 0.2) is 5.82 Å². The van der Waals surface area contributed by atoms with Gasteiger partial charge in [0.1, 0.15) is 11.5 Å². The smallest absolute Gasteiger partial charge is 0.221 e. The molecule has 74 valence electrons. The Morgan fingerprint density at radius 3 is 2.50 bits per heavy atom. The number of halogens is 2. The van der Waals surface area contributed by atoms with Crippen LogP contribution in [0, 0.1) is 16.5 Å². The predicted molar refractivity (Wildman–Crippen MR) is 46.1 cm³/mol. The molecule has 0 heterocycles. The maximum Gasteiger partial charge on any atom is 0.221 e. The van der Waals surface area contributed by atoms with Gasteiger partial charge in [-0.25, -0.2) is 8.78 Å². The topological polar surface area (TPSA) is 58.5 Å². The van der Waals surface area contributed by atoms with E-state index in [-0.39, 0.29) is 5.69 Å². The van der Waals surface area contributed by atoms with E-state index in [0.717, 1.165) is 6.92 Å². The van der Waals surface area contributed by atoms with Gasteiger partial charge in [0.25, 0.3) is 0 Å². The van der Waals surface area contributed by atoms with Crippen LogP contribution in [0.5, 0.6) is 0 Å². The van der Waals surface area contributed by atoms with Gasteiger partial charge < -0.3 is 5.32 Å². The molecule has 6 heteroatoms. The highest BCUT2D eigenvalue weighted by atomic mass is 19.1. The molecule has 0 aliphatic heterocycles. The van der Waals surface area contributed by atoms with Gasteiger partial charge in [0.2, 0.25) is 5.91 Å². The number of carbonyl (C=O) groups excluding carboxylic acids is 1. The monoisotopic (exact) mass is 200 g/mol. The minimum atomic E-state index is -0.981. The molecule has 14 heavy (non-hydrogen) atoms. The lowest BCUT2D eigenvalue weighted by atomic mass is 10.2. The highest BCUT2D eigenvalue weighted by molar-refractivity contribution is 5.89. The zero-order valence-electron chi connectivity index (χ0n) is 7.17. The van der Waals surface area contributed by atoms with E-state index >= 15 is 0 Å². The third-order valence-electron chi connectivity index (χ3n) is 1.45. The predicted octanol–water partition coefficient (Wildman–Crippen LogP) is 2.32. The number of amides is 1. The van der Waals surface area contributed by atoms with E-state index in [9.17, 15) is 18.5 Å². The Morgan fingerprint density at radius 1 is 1.36 bits per heavy atom. The molecule has 0 radical (unpaired) electrons. The number of nitrogens with zero attached hydrogens (tertiary/aromatic N) is 1. The van der Waals surface area contributed by atoms with Crippen LogP contribution in [0.2, 0.25) is 0 Å². The SMILES string of the molecule is CC(=O)Nc1cc(F)c(N=O)cc1F. The second-order valence-electron chi connectivity index (χ2n) is 2.56.